The van der Waals surface area contributed by atoms with Crippen molar-refractivity contribution in [1.82, 2.24) is 5.32 Å². The Balaban J connectivity index is 2.89. The van der Waals surface area contributed by atoms with Gasteiger partial charge in [-0.2, -0.15) is 20.5 Å². The Morgan fingerprint density at radius 2 is 1.27 bits per heavy atom. The van der Waals surface area contributed by atoms with Gasteiger partial charge in [0.05, 0.1) is 42.2 Å². The maximum Gasteiger partial charge on any atom is 0.407 e. The van der Waals surface area contributed by atoms with Crippen LogP contribution in [0.1, 0.15) is 68.2 Å². The SMILES string of the molecule is COC(C)(C)COC(C)(C)CCOC(=O)NC(CSCCC(C)(C)OCC(C)(C)OC)C(=O)Oc1c(F)c(F)cc(F)c1F. The molecule has 0 aliphatic carbocycles. The zero-order valence-corrected chi connectivity index (χ0v) is 28.1. The summed E-state index contributed by atoms with van der Waals surface area (Å²) in [5.41, 5.74) is -2.27. The highest BCUT2D eigenvalue weighted by atomic mass is 32.2. The van der Waals surface area contributed by atoms with Crippen molar-refractivity contribution < 1.29 is 55.6 Å². The lowest BCUT2D eigenvalue weighted by atomic mass is 10.1. The van der Waals surface area contributed by atoms with E-state index in [9.17, 15) is 27.2 Å². The molecular formula is C30H47F4NO8S. The van der Waals surface area contributed by atoms with E-state index in [0.29, 0.717) is 18.8 Å². The largest absolute Gasteiger partial charge is 0.449 e. The molecule has 1 amide bonds. The number of amides is 1. The molecule has 0 aliphatic heterocycles. The number of ether oxygens (including phenoxy) is 6. The van der Waals surface area contributed by atoms with E-state index in [1.165, 1.54) is 11.8 Å². The van der Waals surface area contributed by atoms with Crippen LogP contribution in [0.15, 0.2) is 6.07 Å². The van der Waals surface area contributed by atoms with Crippen LogP contribution in [0.3, 0.4) is 0 Å². The van der Waals surface area contributed by atoms with Crippen LogP contribution >= 0.6 is 11.8 Å². The highest BCUT2D eigenvalue weighted by Crippen LogP contribution is 2.27. The molecule has 0 radical (unpaired) electrons. The quantitative estimate of drug-likeness (QED) is 0.0613. The molecule has 0 bridgehead atoms. The van der Waals surface area contributed by atoms with E-state index >= 15 is 0 Å². The van der Waals surface area contributed by atoms with Crippen LogP contribution in [0.4, 0.5) is 22.4 Å². The number of nitrogens with one attached hydrogen (secondary N) is 1. The lowest BCUT2D eigenvalue weighted by Gasteiger charge is -2.31. The molecule has 0 aromatic heterocycles. The van der Waals surface area contributed by atoms with Crippen molar-refractivity contribution in [2.75, 3.05) is 45.5 Å². The minimum absolute atomic E-state index is 0.00992. The van der Waals surface area contributed by atoms with Gasteiger partial charge in [0.1, 0.15) is 6.04 Å². The lowest BCUT2D eigenvalue weighted by molar-refractivity contribution is -0.136. The van der Waals surface area contributed by atoms with Gasteiger partial charge in [0.25, 0.3) is 0 Å². The number of hydrogen-bond donors (Lipinski definition) is 1. The predicted octanol–water partition coefficient (Wildman–Crippen LogP) is 6.20. The van der Waals surface area contributed by atoms with E-state index in [1.54, 1.807) is 28.1 Å². The van der Waals surface area contributed by atoms with E-state index < -0.39 is 69.5 Å². The Bertz CT molecular complexity index is 1080. The van der Waals surface area contributed by atoms with Crippen molar-refractivity contribution in [3.05, 3.63) is 29.3 Å². The molecule has 1 N–H and O–H groups in total. The van der Waals surface area contributed by atoms with Gasteiger partial charge in [-0.1, -0.05) is 0 Å². The second-order valence-corrected chi connectivity index (χ2v) is 13.8. The van der Waals surface area contributed by atoms with Gasteiger partial charge < -0.3 is 33.7 Å². The van der Waals surface area contributed by atoms with Crippen LogP contribution < -0.4 is 10.1 Å². The van der Waals surface area contributed by atoms with E-state index in [4.69, 9.17) is 28.4 Å². The smallest absolute Gasteiger partial charge is 0.407 e. The summed E-state index contributed by atoms with van der Waals surface area (Å²) in [7, 11) is 3.15. The van der Waals surface area contributed by atoms with Crippen molar-refractivity contribution in [2.24, 2.45) is 0 Å². The molecule has 9 nitrogen and oxygen atoms in total. The summed E-state index contributed by atoms with van der Waals surface area (Å²) < 4.78 is 88.1. The molecule has 254 valence electrons. The summed E-state index contributed by atoms with van der Waals surface area (Å²) in [6, 6.07) is -1.50. The lowest BCUT2D eigenvalue weighted by Crippen LogP contribution is -2.45. The maximum absolute atomic E-state index is 14.2. The summed E-state index contributed by atoms with van der Waals surface area (Å²) in [4.78, 5) is 25.5. The van der Waals surface area contributed by atoms with Gasteiger partial charge in [0.15, 0.2) is 11.6 Å². The second kappa shape index (κ2) is 17.0. The molecule has 14 heteroatoms. The summed E-state index contributed by atoms with van der Waals surface area (Å²) in [6.45, 7) is 15.4. The Hall–Kier alpha value is -2.13. The van der Waals surface area contributed by atoms with Crippen molar-refractivity contribution >= 4 is 23.8 Å². The van der Waals surface area contributed by atoms with Crippen LogP contribution in [0.5, 0.6) is 5.75 Å². The number of esters is 1. The first-order valence-electron chi connectivity index (χ1n) is 14.1. The average molecular weight is 658 g/mol. The highest BCUT2D eigenvalue weighted by molar-refractivity contribution is 7.99. The molecule has 0 saturated carbocycles. The molecule has 44 heavy (non-hydrogen) atoms. The zero-order chi connectivity index (χ0) is 33.9. The number of benzene rings is 1. The zero-order valence-electron chi connectivity index (χ0n) is 27.3. The highest BCUT2D eigenvalue weighted by Gasteiger charge is 2.30. The molecule has 0 spiro atoms. The summed E-state index contributed by atoms with van der Waals surface area (Å²) in [5.74, 6) is -9.83. The minimum Gasteiger partial charge on any atom is -0.449 e. The maximum atomic E-state index is 14.2. The number of methoxy groups -OCH3 is 2. The predicted molar refractivity (Wildman–Crippen MR) is 159 cm³/mol. The molecule has 1 atom stereocenters. The number of hydrogen-bond acceptors (Lipinski definition) is 9. The third-order valence-corrected chi connectivity index (χ3v) is 7.71. The molecule has 1 aromatic carbocycles. The minimum atomic E-state index is -1.89. The van der Waals surface area contributed by atoms with Crippen molar-refractivity contribution in [2.45, 2.75) is 96.7 Å². The Morgan fingerprint density at radius 1 is 0.795 bits per heavy atom. The van der Waals surface area contributed by atoms with Gasteiger partial charge in [-0.3, -0.25) is 0 Å². The van der Waals surface area contributed by atoms with Gasteiger partial charge in [0, 0.05) is 32.5 Å². The molecule has 0 aliphatic rings. The number of rotatable bonds is 19. The third kappa shape index (κ3) is 14.3. The number of thioether (sulfide) groups is 1. The fourth-order valence-corrected chi connectivity index (χ4v) is 4.33. The van der Waals surface area contributed by atoms with Gasteiger partial charge >= 0.3 is 12.1 Å². The van der Waals surface area contributed by atoms with Gasteiger partial charge in [-0.05, 0) is 67.6 Å². The van der Waals surface area contributed by atoms with Gasteiger partial charge in [-0.15, -0.1) is 0 Å². The van der Waals surface area contributed by atoms with E-state index in [2.05, 4.69) is 5.32 Å². The van der Waals surface area contributed by atoms with Crippen LogP contribution in [0.2, 0.25) is 0 Å². The van der Waals surface area contributed by atoms with Crippen LogP contribution in [0.25, 0.3) is 0 Å². The number of carbonyl (C=O) groups is 2. The molecule has 1 unspecified atom stereocenters. The summed E-state index contributed by atoms with van der Waals surface area (Å²) in [6.07, 6.45) is -0.202. The van der Waals surface area contributed by atoms with E-state index in [1.807, 2.05) is 41.5 Å². The first-order valence-corrected chi connectivity index (χ1v) is 15.2. The number of alkyl carbamates (subject to hydrolysis) is 1. The van der Waals surface area contributed by atoms with Crippen molar-refractivity contribution in [1.29, 1.82) is 0 Å². The summed E-state index contributed by atoms with van der Waals surface area (Å²) in [5, 5.41) is 2.31. The monoisotopic (exact) mass is 657 g/mol. The third-order valence-electron chi connectivity index (χ3n) is 6.65. The van der Waals surface area contributed by atoms with Crippen LogP contribution in [-0.2, 0) is 28.5 Å². The molecule has 0 saturated heterocycles. The molecule has 1 rings (SSSR count). The first-order chi connectivity index (χ1) is 20.1. The van der Waals surface area contributed by atoms with E-state index in [0.717, 1.165) is 0 Å². The Morgan fingerprint density at radius 3 is 1.75 bits per heavy atom. The molecule has 0 fully saturated rings. The molecule has 1 aromatic rings. The van der Waals surface area contributed by atoms with Gasteiger partial charge in [-0.25, -0.2) is 18.4 Å². The van der Waals surface area contributed by atoms with Crippen LogP contribution in [-0.4, -0.2) is 86.1 Å². The van der Waals surface area contributed by atoms with Gasteiger partial charge in [0.2, 0.25) is 17.4 Å². The average Bonchev–Trinajstić information content (AvgIpc) is 2.93. The van der Waals surface area contributed by atoms with Crippen molar-refractivity contribution in [3.63, 3.8) is 0 Å². The molecule has 0 heterocycles. The van der Waals surface area contributed by atoms with E-state index in [-0.39, 0.29) is 31.5 Å². The van der Waals surface area contributed by atoms with Crippen LogP contribution in [0, 0.1) is 23.3 Å². The Kier molecular flexibility index (Phi) is 15.4. The fraction of sp³-hybridized carbons (Fsp3) is 0.733. The molecular weight excluding hydrogens is 610 g/mol. The Labute approximate surface area is 262 Å². The second-order valence-electron chi connectivity index (χ2n) is 12.7. The van der Waals surface area contributed by atoms with Crippen molar-refractivity contribution in [3.8, 4) is 5.75 Å². The number of halogens is 4. The topological polar surface area (TPSA) is 102 Å². The standard InChI is InChI=1S/C30H47F4NO8S/c1-27(2,41-17-29(5,6)38-9)11-13-40-26(37)35-21(16-44-14-12-28(3,4)42-18-30(7,8)39-10)25(36)43-24-22(33)19(31)15-20(32)23(24)34/h15,21H,11-14,16-18H2,1-10H3,(H,35,37). The number of carbonyl (C=O) groups excluding carboxylic acids is 2. The normalized spacial score (nSPS) is 13.5. The first kappa shape index (κ1) is 39.9. The summed E-state index contributed by atoms with van der Waals surface area (Å²) >= 11 is 1.21. The fourth-order valence-electron chi connectivity index (χ4n) is 3.07.